The molecule has 0 aliphatic heterocycles. The van der Waals surface area contributed by atoms with Gasteiger partial charge in [-0.1, -0.05) is 25.1 Å². The largest absolute Gasteiger partial charge is 0.378 e. The van der Waals surface area contributed by atoms with Crippen LogP contribution in [0.2, 0.25) is 0 Å². The molecule has 1 N–H and O–H groups in total. The number of hydrogen-bond donors (Lipinski definition) is 1. The standard InChI is InChI=1S/C19H21N3/c1-12-5-4-6-15-16(9-13(2)19(12)15)21-14-7-8-18-17(10-14)20-11-22(18)3/h4-8,10-11,13,16,21H,9H2,1-3H3. The number of aryl methyl sites for hydroxylation is 2. The summed E-state index contributed by atoms with van der Waals surface area (Å²) in [5, 5.41) is 3.71. The van der Waals surface area contributed by atoms with E-state index in [1.165, 1.54) is 22.2 Å². The zero-order valence-corrected chi connectivity index (χ0v) is 13.3. The summed E-state index contributed by atoms with van der Waals surface area (Å²) in [6.45, 7) is 4.55. The molecule has 112 valence electrons. The summed E-state index contributed by atoms with van der Waals surface area (Å²) in [6, 6.07) is 13.5. The Kier molecular flexibility index (Phi) is 2.96. The van der Waals surface area contributed by atoms with Crippen LogP contribution in [0.5, 0.6) is 0 Å². The molecule has 0 spiro atoms. The number of benzene rings is 2. The van der Waals surface area contributed by atoms with Crippen LogP contribution in [0, 0.1) is 6.92 Å². The van der Waals surface area contributed by atoms with Crippen LogP contribution < -0.4 is 5.32 Å². The smallest absolute Gasteiger partial charge is 0.0955 e. The number of hydrogen-bond acceptors (Lipinski definition) is 2. The first-order valence-electron chi connectivity index (χ1n) is 7.90. The van der Waals surface area contributed by atoms with Crippen LogP contribution in [-0.2, 0) is 7.05 Å². The van der Waals surface area contributed by atoms with Crippen LogP contribution >= 0.6 is 0 Å². The quantitative estimate of drug-likeness (QED) is 0.751. The normalized spacial score (nSPS) is 20.3. The lowest BCUT2D eigenvalue weighted by Gasteiger charge is -2.16. The van der Waals surface area contributed by atoms with Gasteiger partial charge in [-0.15, -0.1) is 0 Å². The molecule has 1 aliphatic carbocycles. The van der Waals surface area contributed by atoms with Gasteiger partial charge in [0.05, 0.1) is 23.4 Å². The topological polar surface area (TPSA) is 29.9 Å². The number of nitrogens with one attached hydrogen (secondary N) is 1. The summed E-state index contributed by atoms with van der Waals surface area (Å²) in [5.74, 6) is 0.618. The minimum atomic E-state index is 0.395. The van der Waals surface area contributed by atoms with Gasteiger partial charge in [0, 0.05) is 12.7 Å². The molecule has 2 unspecified atom stereocenters. The number of nitrogens with zero attached hydrogens (tertiary/aromatic N) is 2. The monoisotopic (exact) mass is 291 g/mol. The van der Waals surface area contributed by atoms with Gasteiger partial charge in [-0.05, 0) is 54.2 Å². The molecule has 4 rings (SSSR count). The number of aromatic nitrogens is 2. The molecule has 1 heterocycles. The van der Waals surface area contributed by atoms with Crippen molar-refractivity contribution in [3.63, 3.8) is 0 Å². The molecule has 0 radical (unpaired) electrons. The van der Waals surface area contributed by atoms with Crippen molar-refractivity contribution in [1.82, 2.24) is 9.55 Å². The minimum Gasteiger partial charge on any atom is -0.378 e. The Morgan fingerprint density at radius 1 is 1.23 bits per heavy atom. The van der Waals surface area contributed by atoms with Crippen molar-refractivity contribution in [3.05, 3.63) is 59.4 Å². The highest BCUT2D eigenvalue weighted by atomic mass is 15.0. The van der Waals surface area contributed by atoms with Crippen molar-refractivity contribution in [1.29, 1.82) is 0 Å². The second-order valence-corrected chi connectivity index (χ2v) is 6.47. The summed E-state index contributed by atoms with van der Waals surface area (Å²) in [6.07, 6.45) is 3.02. The highest BCUT2D eigenvalue weighted by Crippen LogP contribution is 2.43. The Morgan fingerprint density at radius 3 is 2.95 bits per heavy atom. The number of imidazole rings is 1. The first-order chi connectivity index (χ1) is 10.6. The highest BCUT2D eigenvalue weighted by Gasteiger charge is 2.29. The summed E-state index contributed by atoms with van der Waals surface area (Å²) < 4.78 is 2.05. The fourth-order valence-electron chi connectivity index (χ4n) is 3.84. The molecular weight excluding hydrogens is 270 g/mol. The summed E-state index contributed by atoms with van der Waals surface area (Å²) in [4.78, 5) is 4.45. The molecule has 3 nitrogen and oxygen atoms in total. The fraction of sp³-hybridized carbons (Fsp3) is 0.316. The molecule has 1 aliphatic rings. The SMILES string of the molecule is Cc1cccc2c1C(C)CC2Nc1ccc2c(c1)ncn2C. The van der Waals surface area contributed by atoms with Crippen LogP contribution in [0.15, 0.2) is 42.7 Å². The van der Waals surface area contributed by atoms with Gasteiger partial charge in [-0.2, -0.15) is 0 Å². The second kappa shape index (κ2) is 4.87. The lowest BCUT2D eigenvalue weighted by Crippen LogP contribution is -2.07. The maximum atomic E-state index is 4.45. The Morgan fingerprint density at radius 2 is 2.09 bits per heavy atom. The van der Waals surface area contributed by atoms with E-state index < -0.39 is 0 Å². The van der Waals surface area contributed by atoms with Gasteiger partial charge in [-0.25, -0.2) is 4.98 Å². The van der Waals surface area contributed by atoms with E-state index in [0.717, 1.165) is 17.6 Å². The molecule has 3 aromatic rings. The first kappa shape index (κ1) is 13.4. The summed E-state index contributed by atoms with van der Waals surface area (Å²) in [5.41, 5.74) is 7.75. The third-order valence-electron chi connectivity index (χ3n) is 4.88. The maximum absolute atomic E-state index is 4.45. The average molecular weight is 291 g/mol. The van der Waals surface area contributed by atoms with Gasteiger partial charge < -0.3 is 9.88 Å². The molecular formula is C19H21N3. The highest BCUT2D eigenvalue weighted by molar-refractivity contribution is 5.79. The molecule has 0 fully saturated rings. The van der Waals surface area contributed by atoms with E-state index in [9.17, 15) is 0 Å². The van der Waals surface area contributed by atoms with E-state index in [0.29, 0.717) is 12.0 Å². The third-order valence-corrected chi connectivity index (χ3v) is 4.88. The fourth-order valence-corrected chi connectivity index (χ4v) is 3.84. The van der Waals surface area contributed by atoms with Crippen molar-refractivity contribution in [3.8, 4) is 0 Å². The van der Waals surface area contributed by atoms with E-state index in [4.69, 9.17) is 0 Å². The summed E-state index contributed by atoms with van der Waals surface area (Å²) >= 11 is 0. The van der Waals surface area contributed by atoms with E-state index in [2.05, 4.69) is 65.1 Å². The lowest BCUT2D eigenvalue weighted by atomic mass is 9.98. The zero-order chi connectivity index (χ0) is 15.3. The third kappa shape index (κ3) is 2.00. The number of anilines is 1. The molecule has 2 aromatic carbocycles. The van der Waals surface area contributed by atoms with E-state index in [1.807, 2.05) is 13.4 Å². The maximum Gasteiger partial charge on any atom is 0.0955 e. The van der Waals surface area contributed by atoms with Crippen LogP contribution in [0.4, 0.5) is 5.69 Å². The number of rotatable bonds is 2. The van der Waals surface area contributed by atoms with E-state index in [-0.39, 0.29) is 0 Å². The second-order valence-electron chi connectivity index (χ2n) is 6.47. The van der Waals surface area contributed by atoms with Crippen molar-refractivity contribution in [2.45, 2.75) is 32.2 Å². The van der Waals surface area contributed by atoms with E-state index >= 15 is 0 Å². The molecule has 0 saturated heterocycles. The Bertz CT molecular complexity index is 847. The Balaban J connectivity index is 1.68. The lowest BCUT2D eigenvalue weighted by molar-refractivity contribution is 0.670. The van der Waals surface area contributed by atoms with Gasteiger partial charge in [0.25, 0.3) is 0 Å². The zero-order valence-electron chi connectivity index (χ0n) is 13.3. The average Bonchev–Trinajstić information content (AvgIpc) is 3.02. The first-order valence-corrected chi connectivity index (χ1v) is 7.90. The molecule has 0 saturated carbocycles. The Labute approximate surface area is 131 Å². The van der Waals surface area contributed by atoms with Gasteiger partial charge >= 0.3 is 0 Å². The predicted molar refractivity (Wildman–Crippen MR) is 91.3 cm³/mol. The number of fused-ring (bicyclic) bond motifs is 2. The van der Waals surface area contributed by atoms with Gasteiger partial charge in [0.1, 0.15) is 0 Å². The molecule has 0 bridgehead atoms. The van der Waals surface area contributed by atoms with Gasteiger partial charge in [0.2, 0.25) is 0 Å². The van der Waals surface area contributed by atoms with Crippen molar-refractivity contribution in [2.75, 3.05) is 5.32 Å². The van der Waals surface area contributed by atoms with Crippen LogP contribution in [0.3, 0.4) is 0 Å². The minimum absolute atomic E-state index is 0.395. The molecule has 2 atom stereocenters. The van der Waals surface area contributed by atoms with Crippen LogP contribution in [-0.4, -0.2) is 9.55 Å². The molecule has 0 amide bonds. The van der Waals surface area contributed by atoms with E-state index in [1.54, 1.807) is 0 Å². The summed E-state index contributed by atoms with van der Waals surface area (Å²) in [7, 11) is 2.03. The molecule has 3 heteroatoms. The predicted octanol–water partition coefficient (Wildman–Crippen LogP) is 4.54. The van der Waals surface area contributed by atoms with Crippen molar-refractivity contribution < 1.29 is 0 Å². The van der Waals surface area contributed by atoms with Crippen molar-refractivity contribution >= 4 is 16.7 Å². The van der Waals surface area contributed by atoms with Crippen molar-refractivity contribution in [2.24, 2.45) is 7.05 Å². The molecule has 1 aromatic heterocycles. The Hall–Kier alpha value is -2.29. The van der Waals surface area contributed by atoms with Gasteiger partial charge in [0.15, 0.2) is 0 Å². The molecule has 22 heavy (non-hydrogen) atoms. The van der Waals surface area contributed by atoms with Gasteiger partial charge in [-0.3, -0.25) is 0 Å². The van der Waals surface area contributed by atoms with Crippen LogP contribution in [0.25, 0.3) is 11.0 Å². The van der Waals surface area contributed by atoms with Crippen LogP contribution in [0.1, 0.15) is 42.0 Å².